The van der Waals surface area contributed by atoms with Crippen LogP contribution in [0.3, 0.4) is 0 Å². The minimum Gasteiger partial charge on any atom is -0.505 e. The van der Waals surface area contributed by atoms with Crippen molar-refractivity contribution in [1.82, 2.24) is 9.88 Å². The monoisotopic (exact) mass is 573 g/mol. The lowest BCUT2D eigenvalue weighted by Gasteiger charge is -2.20. The van der Waals surface area contributed by atoms with Crippen molar-refractivity contribution in [3.05, 3.63) is 81.5 Å². The van der Waals surface area contributed by atoms with Gasteiger partial charge in [-0.3, -0.25) is 9.78 Å². The quantitative estimate of drug-likeness (QED) is 0.206. The summed E-state index contributed by atoms with van der Waals surface area (Å²) in [5.74, 6) is 0.150. The predicted octanol–water partition coefficient (Wildman–Crippen LogP) is 8.77. The number of nitrogens with zero attached hydrogens (tertiary/aromatic N) is 2. The molecule has 2 N–H and O–H groups in total. The number of carbonyl (C=O) groups is 1. The number of benzene rings is 3. The first-order valence-corrected chi connectivity index (χ1v) is 15.0. The number of phenols is 1. The number of anilines is 2. The van der Waals surface area contributed by atoms with Crippen molar-refractivity contribution < 1.29 is 9.90 Å². The van der Waals surface area contributed by atoms with Crippen LogP contribution in [0, 0.1) is 0 Å². The number of hydrogen-bond acceptors (Lipinski definition) is 5. The summed E-state index contributed by atoms with van der Waals surface area (Å²) in [7, 11) is 0. The van der Waals surface area contributed by atoms with Gasteiger partial charge >= 0.3 is 0 Å². The van der Waals surface area contributed by atoms with E-state index in [2.05, 4.69) is 34.5 Å². The van der Waals surface area contributed by atoms with Crippen LogP contribution in [-0.4, -0.2) is 40.9 Å². The Morgan fingerprint density at radius 3 is 2.42 bits per heavy atom. The maximum Gasteiger partial charge on any atom is 0.154 e. The van der Waals surface area contributed by atoms with Gasteiger partial charge in [-0.15, -0.1) is 0 Å². The van der Waals surface area contributed by atoms with Gasteiger partial charge in [-0.2, -0.15) is 0 Å². The molecule has 1 saturated carbocycles. The van der Waals surface area contributed by atoms with Gasteiger partial charge in [0.1, 0.15) is 0 Å². The van der Waals surface area contributed by atoms with E-state index < -0.39 is 0 Å². The third-order valence-corrected chi connectivity index (χ3v) is 8.95. The summed E-state index contributed by atoms with van der Waals surface area (Å²) >= 11 is 12.5. The van der Waals surface area contributed by atoms with Gasteiger partial charge in [-0.05, 0) is 98.3 Å². The number of nitrogens with one attached hydrogen (secondary N) is 1. The van der Waals surface area contributed by atoms with Crippen LogP contribution < -0.4 is 5.32 Å². The normalized spacial score (nSPS) is 16.1. The van der Waals surface area contributed by atoms with Gasteiger partial charge in [-0.1, -0.05) is 54.2 Å². The van der Waals surface area contributed by atoms with E-state index in [1.54, 1.807) is 12.1 Å². The van der Waals surface area contributed by atoms with Gasteiger partial charge in [0, 0.05) is 23.5 Å². The molecule has 0 unspecified atom stereocenters. The van der Waals surface area contributed by atoms with E-state index in [0.29, 0.717) is 5.56 Å². The molecular formula is C33H33Cl2N3O2. The third kappa shape index (κ3) is 5.56. The van der Waals surface area contributed by atoms with Crippen molar-refractivity contribution in [2.45, 2.75) is 50.9 Å². The fourth-order valence-corrected chi connectivity index (χ4v) is 6.70. The van der Waals surface area contributed by atoms with Crippen LogP contribution in [0.2, 0.25) is 10.0 Å². The number of fused-ring (bicyclic) bond motifs is 1. The van der Waals surface area contributed by atoms with Crippen LogP contribution in [0.25, 0.3) is 22.0 Å². The first-order valence-electron chi connectivity index (χ1n) is 14.2. The lowest BCUT2D eigenvalue weighted by molar-refractivity contribution is 0.112. The topological polar surface area (TPSA) is 65.5 Å². The van der Waals surface area contributed by atoms with Crippen LogP contribution in [0.1, 0.15) is 66.1 Å². The second kappa shape index (κ2) is 11.8. The van der Waals surface area contributed by atoms with Crippen molar-refractivity contribution in [3.63, 3.8) is 0 Å². The Balaban J connectivity index is 1.43. The Bertz CT molecular complexity index is 1540. The van der Waals surface area contributed by atoms with E-state index >= 15 is 0 Å². The number of pyridine rings is 1. The fraction of sp³-hybridized carbons (Fsp3) is 0.333. The maximum absolute atomic E-state index is 12.7. The predicted molar refractivity (Wildman–Crippen MR) is 165 cm³/mol. The van der Waals surface area contributed by atoms with Gasteiger partial charge in [0.2, 0.25) is 0 Å². The van der Waals surface area contributed by atoms with E-state index in [0.717, 1.165) is 84.0 Å². The first-order chi connectivity index (χ1) is 19.5. The molecule has 7 heteroatoms. The molecule has 206 valence electrons. The summed E-state index contributed by atoms with van der Waals surface area (Å²) in [6.45, 7) is 3.44. The van der Waals surface area contributed by atoms with Crippen molar-refractivity contribution in [2.24, 2.45) is 0 Å². The molecular weight excluding hydrogens is 541 g/mol. The number of rotatable bonds is 8. The molecule has 0 spiro atoms. The molecule has 2 aliphatic rings. The summed E-state index contributed by atoms with van der Waals surface area (Å²) < 4.78 is 0. The fourth-order valence-electron chi connectivity index (χ4n) is 6.22. The van der Waals surface area contributed by atoms with Gasteiger partial charge < -0.3 is 15.3 Å². The van der Waals surface area contributed by atoms with Crippen molar-refractivity contribution in [2.75, 3.05) is 25.0 Å². The van der Waals surface area contributed by atoms with E-state index in [-0.39, 0.29) is 21.7 Å². The number of phenolic OH excluding ortho intramolecular Hbond substituents is 1. The number of aromatic nitrogens is 1. The Kier molecular flexibility index (Phi) is 7.97. The first kappa shape index (κ1) is 27.1. The number of likely N-dealkylation sites (tertiary alicyclic amines) is 1. The average molecular weight is 575 g/mol. The van der Waals surface area contributed by atoms with Crippen molar-refractivity contribution in [3.8, 4) is 16.9 Å². The summed E-state index contributed by atoms with van der Waals surface area (Å²) in [5.41, 5.74) is 6.98. The molecule has 1 saturated heterocycles. The highest BCUT2D eigenvalue weighted by molar-refractivity contribution is 6.37. The second-order valence-corrected chi connectivity index (χ2v) is 11.8. The number of hydrogen-bond donors (Lipinski definition) is 2. The van der Waals surface area contributed by atoms with Crippen LogP contribution >= 0.6 is 23.2 Å². The molecule has 4 aromatic rings. The highest BCUT2D eigenvalue weighted by Gasteiger charge is 2.25. The average Bonchev–Trinajstić information content (AvgIpc) is 3.69. The number of aromatic hydroxyl groups is 1. The molecule has 3 aromatic carbocycles. The van der Waals surface area contributed by atoms with Crippen LogP contribution in [-0.2, 0) is 6.42 Å². The zero-order chi connectivity index (χ0) is 27.6. The zero-order valence-corrected chi connectivity index (χ0v) is 23.9. The smallest absolute Gasteiger partial charge is 0.154 e. The van der Waals surface area contributed by atoms with E-state index in [9.17, 15) is 9.90 Å². The molecule has 0 bridgehead atoms. The van der Waals surface area contributed by atoms with Gasteiger partial charge in [0.25, 0.3) is 0 Å². The summed E-state index contributed by atoms with van der Waals surface area (Å²) in [6.07, 6.45) is 8.95. The molecule has 5 nitrogen and oxygen atoms in total. The number of carbonyl (C=O) groups excluding carboxylic acids is 1. The standard InChI is InChI=1S/C33H33Cl2N3O2/c34-28-18-24(19-29(35)33(28)40)23-10-11-30-26(17-23)32(27(20-39)31(37-30)22-7-1-2-8-22)36-25-9-5-6-21(16-25)12-15-38-13-3-4-14-38/h5-6,9-11,16-20,22,40H,1-4,7-8,12-15H2,(H,36,37). The Morgan fingerprint density at radius 2 is 1.70 bits per heavy atom. The minimum absolute atomic E-state index is 0.133. The maximum atomic E-state index is 12.7. The zero-order valence-electron chi connectivity index (χ0n) is 22.4. The van der Waals surface area contributed by atoms with E-state index in [1.807, 2.05) is 18.2 Å². The van der Waals surface area contributed by atoms with Gasteiger partial charge in [0.05, 0.1) is 32.5 Å². The van der Waals surface area contributed by atoms with Crippen LogP contribution in [0.4, 0.5) is 11.4 Å². The lowest BCUT2D eigenvalue weighted by atomic mass is 9.94. The molecule has 1 aliphatic heterocycles. The molecule has 6 rings (SSSR count). The molecule has 1 aliphatic carbocycles. The Labute approximate surface area is 245 Å². The second-order valence-electron chi connectivity index (χ2n) is 11.0. The lowest BCUT2D eigenvalue weighted by Crippen LogP contribution is -2.21. The molecule has 0 radical (unpaired) electrons. The van der Waals surface area contributed by atoms with Crippen LogP contribution in [0.5, 0.6) is 5.75 Å². The molecule has 1 aromatic heterocycles. The number of aldehydes is 1. The largest absolute Gasteiger partial charge is 0.505 e. The molecule has 2 heterocycles. The Hall–Kier alpha value is -3.12. The highest BCUT2D eigenvalue weighted by Crippen LogP contribution is 2.42. The molecule has 2 fully saturated rings. The molecule has 40 heavy (non-hydrogen) atoms. The highest BCUT2D eigenvalue weighted by atomic mass is 35.5. The third-order valence-electron chi connectivity index (χ3n) is 8.37. The summed E-state index contributed by atoms with van der Waals surface area (Å²) in [4.78, 5) is 20.3. The Morgan fingerprint density at radius 1 is 0.950 bits per heavy atom. The summed E-state index contributed by atoms with van der Waals surface area (Å²) in [5, 5.41) is 14.9. The number of halogens is 2. The van der Waals surface area contributed by atoms with Crippen molar-refractivity contribution in [1.29, 1.82) is 0 Å². The summed E-state index contributed by atoms with van der Waals surface area (Å²) in [6, 6.07) is 17.9. The van der Waals surface area contributed by atoms with Crippen molar-refractivity contribution >= 4 is 51.8 Å². The minimum atomic E-state index is -0.133. The van der Waals surface area contributed by atoms with Crippen LogP contribution in [0.15, 0.2) is 54.6 Å². The van der Waals surface area contributed by atoms with E-state index in [1.165, 1.54) is 31.5 Å². The SMILES string of the molecule is O=Cc1c(C2CCCC2)nc2ccc(-c3cc(Cl)c(O)c(Cl)c3)cc2c1Nc1cccc(CCN2CCCC2)c1. The molecule has 0 amide bonds. The molecule has 0 atom stereocenters. The van der Waals surface area contributed by atoms with E-state index in [4.69, 9.17) is 28.2 Å². The van der Waals surface area contributed by atoms with Gasteiger partial charge in [-0.25, -0.2) is 0 Å². The van der Waals surface area contributed by atoms with Gasteiger partial charge in [0.15, 0.2) is 12.0 Å².